The highest BCUT2D eigenvalue weighted by atomic mass is 16.6. The molecule has 0 bridgehead atoms. The van der Waals surface area contributed by atoms with Crippen LogP contribution in [0.15, 0.2) is 59.7 Å². The predicted octanol–water partition coefficient (Wildman–Crippen LogP) is 2.61. The molecule has 25 heavy (non-hydrogen) atoms. The molecule has 0 radical (unpaired) electrons. The Hall–Kier alpha value is -3.81. The van der Waals surface area contributed by atoms with Gasteiger partial charge in [-0.05, 0) is 18.2 Å². The number of rotatable bonds is 4. The molecule has 0 aliphatic heterocycles. The standard InChI is InChI=1S/C17H12N4O4/c22-16-8-6-13(21(24)25)9-12(16)10-18-20-17(23)15-7-5-11-3-1-2-4-14(11)19-15/h1-10,22H,(H,20,23). The molecule has 0 unspecified atom stereocenters. The maximum atomic E-state index is 12.1. The van der Waals surface area contributed by atoms with E-state index in [0.29, 0.717) is 5.52 Å². The molecule has 0 aliphatic carbocycles. The second-order valence-corrected chi connectivity index (χ2v) is 5.09. The van der Waals surface area contributed by atoms with E-state index in [0.717, 1.165) is 17.7 Å². The van der Waals surface area contributed by atoms with Crippen LogP contribution in [0.2, 0.25) is 0 Å². The maximum Gasteiger partial charge on any atom is 0.289 e. The van der Waals surface area contributed by atoms with Gasteiger partial charge in [-0.25, -0.2) is 10.4 Å². The number of aromatic nitrogens is 1. The van der Waals surface area contributed by atoms with Crippen molar-refractivity contribution in [2.75, 3.05) is 0 Å². The SMILES string of the molecule is O=C(NN=Cc1cc([N+](=O)[O-])ccc1O)c1ccc2ccccc2n1. The quantitative estimate of drug-likeness (QED) is 0.431. The molecular formula is C17H12N4O4. The Labute approximate surface area is 141 Å². The number of para-hydroxylation sites is 1. The van der Waals surface area contributed by atoms with Crippen molar-refractivity contribution in [1.29, 1.82) is 0 Å². The van der Waals surface area contributed by atoms with Gasteiger partial charge in [0, 0.05) is 23.1 Å². The molecule has 0 atom stereocenters. The number of amides is 1. The number of hydrogen-bond donors (Lipinski definition) is 2. The van der Waals surface area contributed by atoms with Crippen molar-refractivity contribution >= 4 is 28.7 Å². The Morgan fingerprint density at radius 2 is 2.00 bits per heavy atom. The molecule has 1 heterocycles. The van der Waals surface area contributed by atoms with Crippen LogP contribution in [0, 0.1) is 10.1 Å². The second kappa shape index (κ2) is 6.75. The van der Waals surface area contributed by atoms with Crippen LogP contribution in [0.3, 0.4) is 0 Å². The molecule has 0 saturated heterocycles. The van der Waals surface area contributed by atoms with Crippen molar-refractivity contribution in [3.63, 3.8) is 0 Å². The first-order chi connectivity index (χ1) is 12.0. The number of hydrogen-bond acceptors (Lipinski definition) is 6. The zero-order valence-corrected chi connectivity index (χ0v) is 12.8. The Morgan fingerprint density at radius 3 is 2.80 bits per heavy atom. The first-order valence-corrected chi connectivity index (χ1v) is 7.21. The summed E-state index contributed by atoms with van der Waals surface area (Å²) in [5.74, 6) is -0.723. The number of hydrazone groups is 1. The third-order valence-corrected chi connectivity index (χ3v) is 3.42. The van der Waals surface area contributed by atoms with E-state index in [-0.39, 0.29) is 22.7 Å². The molecule has 3 rings (SSSR count). The Morgan fingerprint density at radius 1 is 1.20 bits per heavy atom. The Kier molecular flexibility index (Phi) is 4.34. The van der Waals surface area contributed by atoms with Gasteiger partial charge in [0.25, 0.3) is 11.6 Å². The van der Waals surface area contributed by atoms with Crippen molar-refractivity contribution < 1.29 is 14.8 Å². The van der Waals surface area contributed by atoms with Gasteiger partial charge in [-0.3, -0.25) is 14.9 Å². The van der Waals surface area contributed by atoms with Crippen LogP contribution in [0.4, 0.5) is 5.69 Å². The molecule has 0 saturated carbocycles. The molecule has 1 amide bonds. The number of nitro benzene ring substituents is 1. The first kappa shape index (κ1) is 16.1. The van der Waals surface area contributed by atoms with Crippen LogP contribution >= 0.6 is 0 Å². The van der Waals surface area contributed by atoms with Gasteiger partial charge in [-0.1, -0.05) is 24.3 Å². The van der Waals surface area contributed by atoms with E-state index in [1.54, 1.807) is 18.2 Å². The highest BCUT2D eigenvalue weighted by Crippen LogP contribution is 2.21. The zero-order valence-electron chi connectivity index (χ0n) is 12.8. The molecule has 2 aromatic carbocycles. The highest BCUT2D eigenvalue weighted by Gasteiger charge is 2.10. The number of non-ortho nitro benzene ring substituents is 1. The fourth-order valence-corrected chi connectivity index (χ4v) is 2.17. The van der Waals surface area contributed by atoms with Gasteiger partial charge in [0.1, 0.15) is 11.4 Å². The number of aromatic hydroxyl groups is 1. The highest BCUT2D eigenvalue weighted by molar-refractivity contribution is 5.95. The summed E-state index contributed by atoms with van der Waals surface area (Å²) >= 11 is 0. The molecule has 8 nitrogen and oxygen atoms in total. The average molecular weight is 336 g/mol. The number of phenolic OH excluding ortho intramolecular Hbond substituents is 1. The number of phenols is 1. The normalized spacial score (nSPS) is 10.9. The number of carbonyl (C=O) groups is 1. The number of benzene rings is 2. The van der Waals surface area contributed by atoms with E-state index in [2.05, 4.69) is 15.5 Å². The summed E-state index contributed by atoms with van der Waals surface area (Å²) in [7, 11) is 0. The van der Waals surface area contributed by atoms with E-state index in [1.165, 1.54) is 12.1 Å². The molecule has 0 fully saturated rings. The summed E-state index contributed by atoms with van der Waals surface area (Å²) in [4.78, 5) is 26.5. The predicted molar refractivity (Wildman–Crippen MR) is 91.6 cm³/mol. The maximum absolute atomic E-state index is 12.1. The molecule has 3 aromatic rings. The molecule has 8 heteroatoms. The smallest absolute Gasteiger partial charge is 0.289 e. The molecule has 2 N–H and O–H groups in total. The summed E-state index contributed by atoms with van der Waals surface area (Å²) in [6.45, 7) is 0. The largest absolute Gasteiger partial charge is 0.507 e. The molecule has 1 aromatic heterocycles. The van der Waals surface area contributed by atoms with E-state index < -0.39 is 10.8 Å². The minimum atomic E-state index is -0.589. The van der Waals surface area contributed by atoms with Crippen LogP contribution in [-0.2, 0) is 0 Å². The monoisotopic (exact) mass is 336 g/mol. The lowest BCUT2D eigenvalue weighted by molar-refractivity contribution is -0.384. The topological polar surface area (TPSA) is 118 Å². The fourth-order valence-electron chi connectivity index (χ4n) is 2.17. The number of nitro groups is 1. The third kappa shape index (κ3) is 3.58. The summed E-state index contributed by atoms with van der Waals surface area (Å²) in [5, 5.41) is 25.0. The van der Waals surface area contributed by atoms with E-state index >= 15 is 0 Å². The lowest BCUT2D eigenvalue weighted by Crippen LogP contribution is -2.18. The van der Waals surface area contributed by atoms with Crippen LogP contribution in [-0.4, -0.2) is 27.1 Å². The molecule has 0 aliphatic rings. The van der Waals surface area contributed by atoms with Crippen molar-refractivity contribution in [3.8, 4) is 5.75 Å². The van der Waals surface area contributed by atoms with Crippen LogP contribution in [0.25, 0.3) is 10.9 Å². The average Bonchev–Trinajstić information content (AvgIpc) is 2.62. The van der Waals surface area contributed by atoms with Crippen molar-refractivity contribution in [2.24, 2.45) is 5.10 Å². The zero-order chi connectivity index (χ0) is 17.8. The van der Waals surface area contributed by atoms with Crippen molar-refractivity contribution in [2.45, 2.75) is 0 Å². The Bertz CT molecular complexity index is 1000. The lowest BCUT2D eigenvalue weighted by atomic mass is 10.2. The number of nitrogens with one attached hydrogen (secondary N) is 1. The van der Waals surface area contributed by atoms with E-state index in [4.69, 9.17) is 0 Å². The van der Waals surface area contributed by atoms with Gasteiger partial charge in [0.15, 0.2) is 0 Å². The molecule has 0 spiro atoms. The van der Waals surface area contributed by atoms with Gasteiger partial charge in [-0.15, -0.1) is 0 Å². The summed E-state index contributed by atoms with van der Waals surface area (Å²) < 4.78 is 0. The van der Waals surface area contributed by atoms with Crippen LogP contribution < -0.4 is 5.43 Å². The van der Waals surface area contributed by atoms with E-state index in [1.807, 2.05) is 18.2 Å². The van der Waals surface area contributed by atoms with Gasteiger partial charge < -0.3 is 5.11 Å². The van der Waals surface area contributed by atoms with Gasteiger partial charge in [0.2, 0.25) is 0 Å². The summed E-state index contributed by atoms with van der Waals surface area (Å²) in [5.41, 5.74) is 3.05. The van der Waals surface area contributed by atoms with Gasteiger partial charge in [0.05, 0.1) is 16.7 Å². The van der Waals surface area contributed by atoms with E-state index in [9.17, 15) is 20.0 Å². The molecule has 124 valence electrons. The van der Waals surface area contributed by atoms with Crippen molar-refractivity contribution in [3.05, 3.63) is 76.0 Å². The fraction of sp³-hybridized carbons (Fsp3) is 0. The Balaban J connectivity index is 1.76. The minimum Gasteiger partial charge on any atom is -0.507 e. The summed E-state index contributed by atoms with van der Waals surface area (Å²) in [6, 6.07) is 14.2. The number of pyridine rings is 1. The van der Waals surface area contributed by atoms with Gasteiger partial charge in [-0.2, -0.15) is 5.10 Å². The lowest BCUT2D eigenvalue weighted by Gasteiger charge is -2.02. The summed E-state index contributed by atoms with van der Waals surface area (Å²) in [6.07, 6.45) is 1.13. The van der Waals surface area contributed by atoms with Crippen LogP contribution in [0.1, 0.15) is 16.1 Å². The molecular weight excluding hydrogens is 324 g/mol. The number of nitrogens with zero attached hydrogens (tertiary/aromatic N) is 3. The second-order valence-electron chi connectivity index (χ2n) is 5.09. The first-order valence-electron chi connectivity index (χ1n) is 7.21. The third-order valence-electron chi connectivity index (χ3n) is 3.42. The van der Waals surface area contributed by atoms with Gasteiger partial charge >= 0.3 is 0 Å². The van der Waals surface area contributed by atoms with Crippen LogP contribution in [0.5, 0.6) is 5.75 Å². The van der Waals surface area contributed by atoms with Crippen molar-refractivity contribution in [1.82, 2.24) is 10.4 Å². The minimum absolute atomic E-state index is 0.112. The number of carbonyl (C=O) groups excluding carboxylic acids is 1. The number of fused-ring (bicyclic) bond motifs is 1.